The summed E-state index contributed by atoms with van der Waals surface area (Å²) < 4.78 is 5.52. The van der Waals surface area contributed by atoms with Crippen molar-refractivity contribution in [1.82, 2.24) is 20.1 Å². The Morgan fingerprint density at radius 3 is 2.79 bits per heavy atom. The van der Waals surface area contributed by atoms with E-state index in [1.807, 2.05) is 28.1 Å². The number of hydrogen-bond acceptors (Lipinski definition) is 3. The van der Waals surface area contributed by atoms with Crippen LogP contribution in [0.25, 0.3) is 10.9 Å². The number of rotatable bonds is 4. The van der Waals surface area contributed by atoms with Gasteiger partial charge in [0.15, 0.2) is 0 Å². The maximum Gasteiger partial charge on any atom is 0.317 e. The lowest BCUT2D eigenvalue weighted by atomic mass is 10.1. The second kappa shape index (κ2) is 8.65. The number of carbonyl (C=O) groups excluding carboxylic acids is 2. The summed E-state index contributed by atoms with van der Waals surface area (Å²) in [5.41, 5.74) is 2.33. The molecule has 1 aromatic carbocycles. The molecule has 0 bridgehead atoms. The van der Waals surface area contributed by atoms with E-state index in [4.69, 9.17) is 4.74 Å². The van der Waals surface area contributed by atoms with Gasteiger partial charge in [-0.3, -0.25) is 4.79 Å². The molecule has 2 aliphatic rings. The Bertz CT molecular complexity index is 828. The SMILES string of the molecule is O=C(NCCc1c[nH]c2ccccc12)N1CCCN(C(=O)C2CCCO2)CC1. The number of nitrogens with one attached hydrogen (secondary N) is 2. The maximum atomic E-state index is 12.6. The number of aromatic amines is 1. The van der Waals surface area contributed by atoms with Crippen LogP contribution >= 0.6 is 0 Å². The minimum atomic E-state index is -0.281. The molecule has 2 fully saturated rings. The fourth-order valence-electron chi connectivity index (χ4n) is 4.07. The highest BCUT2D eigenvalue weighted by Crippen LogP contribution is 2.18. The van der Waals surface area contributed by atoms with Gasteiger partial charge in [-0.15, -0.1) is 0 Å². The van der Waals surface area contributed by atoms with Gasteiger partial charge in [0.05, 0.1) is 0 Å². The predicted octanol–water partition coefficient (Wildman–Crippen LogP) is 2.13. The number of amides is 3. The first kappa shape index (κ1) is 18.8. The molecule has 7 heteroatoms. The summed E-state index contributed by atoms with van der Waals surface area (Å²) in [5, 5.41) is 4.23. The molecule has 0 saturated carbocycles. The van der Waals surface area contributed by atoms with Gasteiger partial charge in [-0.2, -0.15) is 0 Å². The molecule has 1 unspecified atom stereocenters. The van der Waals surface area contributed by atoms with Gasteiger partial charge in [0.2, 0.25) is 0 Å². The van der Waals surface area contributed by atoms with Crippen LogP contribution in [-0.2, 0) is 16.0 Å². The average molecular weight is 384 g/mol. The normalized spacial score (nSPS) is 20.4. The van der Waals surface area contributed by atoms with Crippen molar-refractivity contribution in [2.75, 3.05) is 39.3 Å². The summed E-state index contributed by atoms with van der Waals surface area (Å²) in [6.07, 6.45) is 5.08. The summed E-state index contributed by atoms with van der Waals surface area (Å²) >= 11 is 0. The molecule has 2 aliphatic heterocycles. The third kappa shape index (κ3) is 4.14. The lowest BCUT2D eigenvalue weighted by Crippen LogP contribution is -2.44. The van der Waals surface area contributed by atoms with E-state index in [1.54, 1.807) is 0 Å². The molecule has 3 heterocycles. The first-order valence-electron chi connectivity index (χ1n) is 10.2. The van der Waals surface area contributed by atoms with E-state index < -0.39 is 0 Å². The third-order valence-corrected chi connectivity index (χ3v) is 5.65. The molecular formula is C21H28N4O3. The van der Waals surface area contributed by atoms with Gasteiger partial charge in [-0.25, -0.2) is 4.79 Å². The second-order valence-electron chi connectivity index (χ2n) is 7.51. The Kier molecular flexibility index (Phi) is 5.81. The smallest absolute Gasteiger partial charge is 0.317 e. The number of aromatic nitrogens is 1. The molecule has 28 heavy (non-hydrogen) atoms. The molecule has 2 saturated heterocycles. The van der Waals surface area contributed by atoms with Crippen LogP contribution in [0.3, 0.4) is 0 Å². The van der Waals surface area contributed by atoms with Crippen LogP contribution in [0.1, 0.15) is 24.8 Å². The molecule has 7 nitrogen and oxygen atoms in total. The van der Waals surface area contributed by atoms with Gasteiger partial charge in [-0.05, 0) is 37.3 Å². The number of para-hydroxylation sites is 1. The summed E-state index contributed by atoms with van der Waals surface area (Å²) in [6, 6.07) is 8.14. The molecule has 4 rings (SSSR count). The van der Waals surface area contributed by atoms with Crippen molar-refractivity contribution in [2.24, 2.45) is 0 Å². The van der Waals surface area contributed by atoms with Gasteiger partial charge in [0.25, 0.3) is 5.91 Å². The number of fused-ring (bicyclic) bond motifs is 1. The van der Waals surface area contributed by atoms with Crippen LogP contribution in [-0.4, -0.2) is 72.2 Å². The molecule has 0 spiro atoms. The minimum Gasteiger partial charge on any atom is -0.368 e. The average Bonchev–Trinajstić information content (AvgIpc) is 3.32. The van der Waals surface area contributed by atoms with Crippen molar-refractivity contribution >= 4 is 22.8 Å². The second-order valence-corrected chi connectivity index (χ2v) is 7.51. The molecule has 150 valence electrons. The van der Waals surface area contributed by atoms with Crippen LogP contribution in [0.4, 0.5) is 4.79 Å². The number of carbonyl (C=O) groups is 2. The number of benzene rings is 1. The van der Waals surface area contributed by atoms with Crippen LogP contribution < -0.4 is 5.32 Å². The Balaban J connectivity index is 1.25. The van der Waals surface area contributed by atoms with E-state index in [9.17, 15) is 9.59 Å². The lowest BCUT2D eigenvalue weighted by Gasteiger charge is -2.24. The Labute approximate surface area is 165 Å². The maximum absolute atomic E-state index is 12.6. The first-order chi connectivity index (χ1) is 13.7. The topological polar surface area (TPSA) is 77.7 Å². The van der Waals surface area contributed by atoms with Crippen LogP contribution in [0.15, 0.2) is 30.5 Å². The zero-order chi connectivity index (χ0) is 19.3. The zero-order valence-electron chi connectivity index (χ0n) is 16.2. The van der Waals surface area contributed by atoms with E-state index in [2.05, 4.69) is 22.4 Å². The summed E-state index contributed by atoms with van der Waals surface area (Å²) in [5.74, 6) is 0.0825. The molecule has 0 radical (unpaired) electrons. The Hall–Kier alpha value is -2.54. The number of H-pyrrole nitrogens is 1. The number of nitrogens with zero attached hydrogens (tertiary/aromatic N) is 2. The van der Waals surface area contributed by atoms with Crippen molar-refractivity contribution in [1.29, 1.82) is 0 Å². The minimum absolute atomic E-state index is 0.0498. The van der Waals surface area contributed by atoms with Gasteiger partial charge in [0.1, 0.15) is 6.10 Å². The van der Waals surface area contributed by atoms with Gasteiger partial charge in [-0.1, -0.05) is 18.2 Å². The van der Waals surface area contributed by atoms with E-state index >= 15 is 0 Å². The van der Waals surface area contributed by atoms with E-state index in [1.165, 1.54) is 10.9 Å². The van der Waals surface area contributed by atoms with E-state index in [0.29, 0.717) is 39.3 Å². The van der Waals surface area contributed by atoms with E-state index in [-0.39, 0.29) is 18.0 Å². The number of ether oxygens (including phenoxy) is 1. The highest BCUT2D eigenvalue weighted by atomic mass is 16.5. The molecule has 2 aromatic rings. The van der Waals surface area contributed by atoms with Crippen molar-refractivity contribution in [2.45, 2.75) is 31.8 Å². The lowest BCUT2D eigenvalue weighted by molar-refractivity contribution is -0.140. The first-order valence-corrected chi connectivity index (χ1v) is 10.2. The van der Waals surface area contributed by atoms with Crippen molar-refractivity contribution in [3.63, 3.8) is 0 Å². The largest absolute Gasteiger partial charge is 0.368 e. The summed E-state index contributed by atoms with van der Waals surface area (Å²) in [4.78, 5) is 32.0. The molecule has 1 aromatic heterocycles. The fourth-order valence-corrected chi connectivity index (χ4v) is 4.07. The molecule has 1 atom stereocenters. The van der Waals surface area contributed by atoms with Crippen LogP contribution in [0.2, 0.25) is 0 Å². The third-order valence-electron chi connectivity index (χ3n) is 5.65. The Morgan fingerprint density at radius 1 is 1.11 bits per heavy atom. The quantitative estimate of drug-likeness (QED) is 0.848. The molecule has 0 aliphatic carbocycles. The molecular weight excluding hydrogens is 356 g/mol. The summed E-state index contributed by atoms with van der Waals surface area (Å²) in [6.45, 7) is 3.78. The van der Waals surface area contributed by atoms with Crippen molar-refractivity contribution in [3.8, 4) is 0 Å². The highest BCUT2D eigenvalue weighted by molar-refractivity contribution is 5.83. The standard InChI is InChI=1S/C21H28N4O3/c26-20(19-7-3-14-28-19)24-10-4-11-25(13-12-24)21(27)22-9-8-16-15-23-18-6-2-1-5-17(16)18/h1-2,5-6,15,19,23H,3-4,7-14H2,(H,22,27). The fraction of sp³-hybridized carbons (Fsp3) is 0.524. The summed E-state index contributed by atoms with van der Waals surface area (Å²) in [7, 11) is 0. The van der Waals surface area contributed by atoms with Crippen molar-refractivity contribution in [3.05, 3.63) is 36.0 Å². The predicted molar refractivity (Wildman–Crippen MR) is 107 cm³/mol. The van der Waals surface area contributed by atoms with Crippen LogP contribution in [0.5, 0.6) is 0 Å². The van der Waals surface area contributed by atoms with Crippen LogP contribution in [0, 0.1) is 0 Å². The van der Waals surface area contributed by atoms with Gasteiger partial charge >= 0.3 is 6.03 Å². The highest BCUT2D eigenvalue weighted by Gasteiger charge is 2.30. The monoisotopic (exact) mass is 384 g/mol. The molecule has 3 amide bonds. The van der Waals surface area contributed by atoms with Gasteiger partial charge in [0, 0.05) is 56.4 Å². The zero-order valence-corrected chi connectivity index (χ0v) is 16.2. The Morgan fingerprint density at radius 2 is 1.93 bits per heavy atom. The van der Waals surface area contributed by atoms with E-state index in [0.717, 1.165) is 31.2 Å². The number of urea groups is 1. The molecule has 2 N–H and O–H groups in total. The van der Waals surface area contributed by atoms with Gasteiger partial charge < -0.3 is 24.8 Å². The number of hydrogen-bond donors (Lipinski definition) is 2. The van der Waals surface area contributed by atoms with Crippen molar-refractivity contribution < 1.29 is 14.3 Å².